The van der Waals surface area contributed by atoms with Crippen molar-refractivity contribution in [1.29, 1.82) is 0 Å². The number of aliphatic carboxylic acids is 1. The number of carbonyl (C=O) groups is 2. The number of benzene rings is 1. The molecule has 0 radical (unpaired) electrons. The van der Waals surface area contributed by atoms with E-state index in [4.69, 9.17) is 5.11 Å². The first-order chi connectivity index (χ1) is 11.0. The Labute approximate surface area is 134 Å². The Morgan fingerprint density at radius 3 is 2.70 bits per heavy atom. The Kier molecular flexibility index (Phi) is 4.03. The standard InChI is InChI=1S/C18H20N2O3/c1-11(18(22)23)10-20(2)17(21)14-9-16(12-7-8-12)19-15-6-4-3-5-13(14)15/h3-6,9,11-12H,7-8,10H2,1-2H3,(H,22,23). The molecule has 1 aliphatic rings. The van der Waals surface area contributed by atoms with Crippen LogP contribution in [0.2, 0.25) is 0 Å². The van der Waals surface area contributed by atoms with Crippen molar-refractivity contribution >= 4 is 22.8 Å². The van der Waals surface area contributed by atoms with Crippen LogP contribution in [0.25, 0.3) is 10.9 Å². The highest BCUT2D eigenvalue weighted by Crippen LogP contribution is 2.40. The summed E-state index contributed by atoms with van der Waals surface area (Å²) < 4.78 is 0. The summed E-state index contributed by atoms with van der Waals surface area (Å²) in [7, 11) is 1.65. The molecule has 1 saturated carbocycles. The van der Waals surface area contributed by atoms with E-state index in [-0.39, 0.29) is 12.5 Å². The number of aromatic nitrogens is 1. The first-order valence-electron chi connectivity index (χ1n) is 7.85. The van der Waals surface area contributed by atoms with Crippen LogP contribution in [-0.4, -0.2) is 40.5 Å². The average molecular weight is 312 g/mol. The molecule has 0 saturated heterocycles. The fraction of sp³-hybridized carbons (Fsp3) is 0.389. The number of carboxylic acids is 1. The van der Waals surface area contributed by atoms with Crippen LogP contribution in [0.1, 0.15) is 41.7 Å². The molecule has 1 aromatic heterocycles. The lowest BCUT2D eigenvalue weighted by Gasteiger charge is -2.20. The SMILES string of the molecule is CC(CN(C)C(=O)c1cc(C2CC2)nc2ccccc12)C(=O)O. The maximum absolute atomic E-state index is 12.8. The molecule has 2 aromatic rings. The molecule has 0 bridgehead atoms. The summed E-state index contributed by atoms with van der Waals surface area (Å²) in [6, 6.07) is 9.48. The monoisotopic (exact) mass is 312 g/mol. The van der Waals surface area contributed by atoms with Crippen molar-refractivity contribution in [2.75, 3.05) is 13.6 Å². The largest absolute Gasteiger partial charge is 0.481 e. The van der Waals surface area contributed by atoms with Crippen molar-refractivity contribution in [3.05, 3.63) is 41.6 Å². The normalized spacial score (nSPS) is 15.4. The number of hydrogen-bond donors (Lipinski definition) is 1. The van der Waals surface area contributed by atoms with Gasteiger partial charge in [0.15, 0.2) is 0 Å². The Balaban J connectivity index is 1.97. The predicted molar refractivity (Wildman–Crippen MR) is 87.5 cm³/mol. The number of hydrogen-bond acceptors (Lipinski definition) is 3. The van der Waals surface area contributed by atoms with Gasteiger partial charge in [0.1, 0.15) is 0 Å². The third kappa shape index (κ3) is 3.18. The second-order valence-corrected chi connectivity index (χ2v) is 6.31. The van der Waals surface area contributed by atoms with E-state index in [2.05, 4.69) is 4.98 Å². The van der Waals surface area contributed by atoms with Gasteiger partial charge in [-0.1, -0.05) is 25.1 Å². The molecule has 1 N–H and O–H groups in total. The van der Waals surface area contributed by atoms with Crippen LogP contribution in [0.5, 0.6) is 0 Å². The molecule has 1 atom stereocenters. The average Bonchev–Trinajstić information content (AvgIpc) is 3.37. The molecule has 1 unspecified atom stereocenters. The van der Waals surface area contributed by atoms with Crippen LogP contribution in [0.4, 0.5) is 0 Å². The predicted octanol–water partition coefficient (Wildman–Crippen LogP) is 2.90. The van der Waals surface area contributed by atoms with Gasteiger partial charge < -0.3 is 10.0 Å². The lowest BCUT2D eigenvalue weighted by atomic mass is 10.0. The van der Waals surface area contributed by atoms with Crippen LogP contribution in [0.3, 0.4) is 0 Å². The van der Waals surface area contributed by atoms with E-state index in [9.17, 15) is 9.59 Å². The number of nitrogens with zero attached hydrogens (tertiary/aromatic N) is 2. The van der Waals surface area contributed by atoms with Crippen molar-refractivity contribution in [3.8, 4) is 0 Å². The van der Waals surface area contributed by atoms with Gasteiger partial charge in [-0.05, 0) is 25.0 Å². The topological polar surface area (TPSA) is 70.5 Å². The van der Waals surface area contributed by atoms with Crippen LogP contribution < -0.4 is 0 Å². The highest BCUT2D eigenvalue weighted by Gasteiger charge is 2.28. The quantitative estimate of drug-likeness (QED) is 0.921. The van der Waals surface area contributed by atoms with E-state index in [0.717, 1.165) is 29.4 Å². The van der Waals surface area contributed by atoms with Crippen molar-refractivity contribution < 1.29 is 14.7 Å². The molecule has 3 rings (SSSR count). The first kappa shape index (κ1) is 15.5. The highest BCUT2D eigenvalue weighted by molar-refractivity contribution is 6.06. The van der Waals surface area contributed by atoms with E-state index in [1.807, 2.05) is 30.3 Å². The molecule has 1 aromatic carbocycles. The molecule has 5 nitrogen and oxygen atoms in total. The van der Waals surface area contributed by atoms with Gasteiger partial charge >= 0.3 is 5.97 Å². The van der Waals surface area contributed by atoms with Crippen molar-refractivity contribution in [3.63, 3.8) is 0 Å². The third-order valence-corrected chi connectivity index (χ3v) is 4.28. The Morgan fingerprint density at radius 2 is 2.04 bits per heavy atom. The molecular weight excluding hydrogens is 292 g/mol. The minimum absolute atomic E-state index is 0.154. The van der Waals surface area contributed by atoms with Gasteiger partial charge in [-0.25, -0.2) is 0 Å². The molecule has 1 fully saturated rings. The lowest BCUT2D eigenvalue weighted by molar-refractivity contribution is -0.141. The summed E-state index contributed by atoms with van der Waals surface area (Å²) in [4.78, 5) is 30.0. The maximum Gasteiger partial charge on any atom is 0.308 e. The smallest absolute Gasteiger partial charge is 0.308 e. The lowest BCUT2D eigenvalue weighted by Crippen LogP contribution is -2.33. The number of carbonyl (C=O) groups excluding carboxylic acids is 1. The molecule has 0 aliphatic heterocycles. The Hall–Kier alpha value is -2.43. The number of carboxylic acid groups (broad SMARTS) is 1. The molecule has 23 heavy (non-hydrogen) atoms. The van der Waals surface area contributed by atoms with Gasteiger partial charge in [0.2, 0.25) is 0 Å². The van der Waals surface area contributed by atoms with Gasteiger partial charge in [0, 0.05) is 30.6 Å². The summed E-state index contributed by atoms with van der Waals surface area (Å²) in [6.07, 6.45) is 2.23. The number of para-hydroxylation sites is 1. The minimum atomic E-state index is -0.900. The van der Waals surface area contributed by atoms with E-state index in [0.29, 0.717) is 11.5 Å². The maximum atomic E-state index is 12.8. The number of pyridine rings is 1. The molecular formula is C18H20N2O3. The zero-order chi connectivity index (χ0) is 16.6. The van der Waals surface area contributed by atoms with Crippen molar-refractivity contribution in [1.82, 2.24) is 9.88 Å². The van der Waals surface area contributed by atoms with Gasteiger partial charge in [-0.3, -0.25) is 14.6 Å². The second kappa shape index (κ2) is 5.99. The Morgan fingerprint density at radius 1 is 1.35 bits per heavy atom. The van der Waals surface area contributed by atoms with Gasteiger partial charge in [-0.15, -0.1) is 0 Å². The van der Waals surface area contributed by atoms with Gasteiger partial charge in [0.25, 0.3) is 5.91 Å². The van der Waals surface area contributed by atoms with E-state index in [1.54, 1.807) is 14.0 Å². The van der Waals surface area contributed by atoms with Crippen molar-refractivity contribution in [2.45, 2.75) is 25.7 Å². The molecule has 1 amide bonds. The molecule has 5 heteroatoms. The second-order valence-electron chi connectivity index (χ2n) is 6.31. The first-order valence-corrected chi connectivity index (χ1v) is 7.85. The van der Waals surface area contributed by atoms with Crippen LogP contribution in [-0.2, 0) is 4.79 Å². The zero-order valence-electron chi connectivity index (χ0n) is 13.3. The van der Waals surface area contributed by atoms with Crippen LogP contribution >= 0.6 is 0 Å². The van der Waals surface area contributed by atoms with Crippen LogP contribution in [0.15, 0.2) is 30.3 Å². The fourth-order valence-electron chi connectivity index (χ4n) is 2.74. The van der Waals surface area contributed by atoms with E-state index < -0.39 is 11.9 Å². The number of fused-ring (bicyclic) bond motifs is 1. The number of rotatable bonds is 5. The summed E-state index contributed by atoms with van der Waals surface area (Å²) in [5, 5.41) is 9.85. The van der Waals surface area contributed by atoms with Gasteiger partial charge in [-0.2, -0.15) is 0 Å². The summed E-state index contributed by atoms with van der Waals surface area (Å²) >= 11 is 0. The Bertz CT molecular complexity index is 768. The molecule has 0 spiro atoms. The van der Waals surface area contributed by atoms with Crippen molar-refractivity contribution in [2.24, 2.45) is 5.92 Å². The highest BCUT2D eigenvalue weighted by atomic mass is 16.4. The zero-order valence-corrected chi connectivity index (χ0v) is 13.3. The molecule has 1 heterocycles. The molecule has 120 valence electrons. The van der Waals surface area contributed by atoms with E-state index >= 15 is 0 Å². The molecule has 1 aliphatic carbocycles. The van der Waals surface area contributed by atoms with E-state index in [1.165, 1.54) is 4.90 Å². The third-order valence-electron chi connectivity index (χ3n) is 4.28. The fourth-order valence-corrected chi connectivity index (χ4v) is 2.74. The van der Waals surface area contributed by atoms with Crippen LogP contribution in [0, 0.1) is 5.92 Å². The minimum Gasteiger partial charge on any atom is -0.481 e. The van der Waals surface area contributed by atoms with Gasteiger partial charge in [0.05, 0.1) is 17.0 Å². The number of amides is 1. The summed E-state index contributed by atoms with van der Waals surface area (Å²) in [5.74, 6) is -1.20. The summed E-state index contributed by atoms with van der Waals surface area (Å²) in [6.45, 7) is 1.79. The summed E-state index contributed by atoms with van der Waals surface area (Å²) in [5.41, 5.74) is 2.39.